The molecule has 2 N–H and O–H groups in total. The number of ether oxygens (including phenoxy) is 2. The minimum atomic E-state index is -0.569. The van der Waals surface area contributed by atoms with E-state index in [0.29, 0.717) is 12.8 Å². The second-order valence-corrected chi connectivity index (χ2v) is 5.87. The van der Waals surface area contributed by atoms with Crippen molar-refractivity contribution in [2.24, 2.45) is 0 Å². The molecular weight excluding hydrogens is 288 g/mol. The topological polar surface area (TPSA) is 96.4 Å². The molecule has 3 atom stereocenters. The van der Waals surface area contributed by atoms with Crippen LogP contribution in [0, 0.1) is 0 Å². The summed E-state index contributed by atoms with van der Waals surface area (Å²) in [6.45, 7) is 1.82. The summed E-state index contributed by atoms with van der Waals surface area (Å²) in [4.78, 5) is 24.4. The molecule has 0 unspecified atom stereocenters. The highest BCUT2D eigenvalue weighted by molar-refractivity contribution is 6.05. The van der Waals surface area contributed by atoms with Gasteiger partial charge in [0, 0.05) is 6.07 Å². The lowest BCUT2D eigenvalue weighted by atomic mass is 9.95. The lowest BCUT2D eigenvalue weighted by Crippen LogP contribution is -2.20. The zero-order valence-corrected chi connectivity index (χ0v) is 12.2. The van der Waals surface area contributed by atoms with E-state index in [1.54, 1.807) is 0 Å². The number of hydrogen-bond acceptors (Lipinski definition) is 6. The van der Waals surface area contributed by atoms with Crippen molar-refractivity contribution in [3.05, 3.63) is 23.3 Å². The van der Waals surface area contributed by atoms with E-state index in [0.717, 1.165) is 12.5 Å². The molecule has 3 rings (SSSR count). The highest BCUT2D eigenvalue weighted by Gasteiger charge is 2.46. The van der Waals surface area contributed by atoms with Gasteiger partial charge in [-0.05, 0) is 37.8 Å². The van der Waals surface area contributed by atoms with E-state index in [1.165, 1.54) is 6.07 Å². The van der Waals surface area contributed by atoms with E-state index in [4.69, 9.17) is 9.47 Å². The first-order valence-electron chi connectivity index (χ1n) is 7.39. The van der Waals surface area contributed by atoms with Gasteiger partial charge in [-0.1, -0.05) is 0 Å². The average molecular weight is 306 g/mol. The zero-order chi connectivity index (χ0) is 15.9. The lowest BCUT2D eigenvalue weighted by molar-refractivity contribution is -0.147. The molecule has 118 valence electrons. The Bertz CT molecular complexity index is 623. The van der Waals surface area contributed by atoms with Gasteiger partial charge in [0.1, 0.15) is 17.6 Å². The van der Waals surface area contributed by atoms with Crippen LogP contribution in [0.3, 0.4) is 0 Å². The summed E-state index contributed by atoms with van der Waals surface area (Å²) in [7, 11) is 0. The molecule has 0 amide bonds. The van der Waals surface area contributed by atoms with E-state index in [1.807, 2.05) is 6.92 Å². The highest BCUT2D eigenvalue weighted by atomic mass is 16.6. The summed E-state index contributed by atoms with van der Waals surface area (Å²) >= 11 is 0. The van der Waals surface area contributed by atoms with Gasteiger partial charge in [0.05, 0.1) is 24.2 Å². The van der Waals surface area contributed by atoms with Crippen LogP contribution in [-0.2, 0) is 20.7 Å². The number of esters is 1. The van der Waals surface area contributed by atoms with Crippen molar-refractivity contribution < 1.29 is 29.3 Å². The van der Waals surface area contributed by atoms with Gasteiger partial charge < -0.3 is 19.7 Å². The van der Waals surface area contributed by atoms with Crippen LogP contribution in [0.1, 0.15) is 42.1 Å². The van der Waals surface area contributed by atoms with Crippen molar-refractivity contribution in [2.45, 2.75) is 50.9 Å². The Morgan fingerprint density at radius 3 is 2.73 bits per heavy atom. The Labute approximate surface area is 127 Å². The summed E-state index contributed by atoms with van der Waals surface area (Å²) in [6, 6.07) is 2.40. The molecule has 0 radical (unpaired) electrons. The second-order valence-electron chi connectivity index (χ2n) is 5.87. The number of Topliss-reactive ketones (excluding diaryl/α,β-unsaturated/α-hetero) is 1. The number of aromatic hydroxyl groups is 2. The van der Waals surface area contributed by atoms with Crippen molar-refractivity contribution in [3.8, 4) is 11.5 Å². The maximum atomic E-state index is 12.5. The molecule has 2 aliphatic heterocycles. The summed E-state index contributed by atoms with van der Waals surface area (Å²) in [6.07, 6.45) is 1.13. The Kier molecular flexibility index (Phi) is 3.78. The Balaban J connectivity index is 1.98. The molecule has 6 nitrogen and oxygen atoms in total. The molecule has 0 spiro atoms. The Morgan fingerprint density at radius 1 is 1.18 bits per heavy atom. The first-order valence-corrected chi connectivity index (χ1v) is 7.39. The van der Waals surface area contributed by atoms with Crippen molar-refractivity contribution >= 4 is 11.8 Å². The molecule has 1 fully saturated rings. The van der Waals surface area contributed by atoms with E-state index in [9.17, 15) is 19.8 Å². The fourth-order valence-corrected chi connectivity index (χ4v) is 2.92. The van der Waals surface area contributed by atoms with E-state index < -0.39 is 12.1 Å². The number of fused-ring (bicyclic) bond motifs is 2. The van der Waals surface area contributed by atoms with Crippen LogP contribution in [0.5, 0.6) is 11.5 Å². The fourth-order valence-electron chi connectivity index (χ4n) is 2.92. The molecule has 0 saturated carbocycles. The molecule has 2 aliphatic rings. The van der Waals surface area contributed by atoms with Crippen LogP contribution < -0.4 is 0 Å². The largest absolute Gasteiger partial charge is 0.508 e. The van der Waals surface area contributed by atoms with Gasteiger partial charge in [-0.3, -0.25) is 9.59 Å². The van der Waals surface area contributed by atoms with Gasteiger partial charge in [-0.25, -0.2) is 0 Å². The number of carbonyl (C=O) groups is 2. The predicted octanol–water partition coefficient (Wildman–Crippen LogP) is 1.71. The normalized spacial score (nSPS) is 28.7. The standard InChI is InChI=1S/C16H18O6/c1-8-3-2-4-12-16(22-12)15(20)14-9(6-13(19)21-8)5-10(17)7-11(14)18/h5,7-8,12,16-18H,2-4,6H2,1H3/t8-,12-,16+/m0/s1. The van der Waals surface area contributed by atoms with Crippen LogP contribution in [-0.4, -0.2) is 40.3 Å². The van der Waals surface area contributed by atoms with Crippen molar-refractivity contribution in [2.75, 3.05) is 0 Å². The van der Waals surface area contributed by atoms with Gasteiger partial charge in [-0.2, -0.15) is 0 Å². The van der Waals surface area contributed by atoms with E-state index >= 15 is 0 Å². The number of phenols is 2. The summed E-state index contributed by atoms with van der Waals surface area (Å²) < 4.78 is 10.7. The van der Waals surface area contributed by atoms with Crippen LogP contribution in [0.15, 0.2) is 12.1 Å². The lowest BCUT2D eigenvalue weighted by Gasteiger charge is -2.15. The molecule has 6 heteroatoms. The summed E-state index contributed by atoms with van der Waals surface area (Å²) in [5.41, 5.74) is 0.296. The molecule has 0 bridgehead atoms. The minimum Gasteiger partial charge on any atom is -0.508 e. The molecule has 22 heavy (non-hydrogen) atoms. The van der Waals surface area contributed by atoms with Crippen molar-refractivity contribution in [1.29, 1.82) is 0 Å². The molecule has 1 aromatic rings. The van der Waals surface area contributed by atoms with Gasteiger partial charge in [-0.15, -0.1) is 0 Å². The van der Waals surface area contributed by atoms with Crippen molar-refractivity contribution in [1.82, 2.24) is 0 Å². The quantitative estimate of drug-likeness (QED) is 0.559. The minimum absolute atomic E-state index is 0.0375. The van der Waals surface area contributed by atoms with E-state index in [-0.39, 0.29) is 47.0 Å². The maximum Gasteiger partial charge on any atom is 0.310 e. The number of ketones is 1. The van der Waals surface area contributed by atoms with Crippen LogP contribution >= 0.6 is 0 Å². The Morgan fingerprint density at radius 2 is 1.95 bits per heavy atom. The number of rotatable bonds is 0. The summed E-state index contributed by atoms with van der Waals surface area (Å²) in [5.74, 6) is -1.38. The smallest absolute Gasteiger partial charge is 0.310 e. The third-order valence-electron chi connectivity index (χ3n) is 4.04. The number of benzene rings is 1. The van der Waals surface area contributed by atoms with Gasteiger partial charge in [0.25, 0.3) is 0 Å². The zero-order valence-electron chi connectivity index (χ0n) is 12.2. The highest BCUT2D eigenvalue weighted by Crippen LogP contribution is 2.36. The maximum absolute atomic E-state index is 12.5. The molecule has 0 aromatic heterocycles. The number of hydrogen-bond donors (Lipinski definition) is 2. The summed E-state index contributed by atoms with van der Waals surface area (Å²) in [5, 5.41) is 19.6. The number of epoxide rings is 1. The predicted molar refractivity (Wildman–Crippen MR) is 75.9 cm³/mol. The molecule has 2 heterocycles. The van der Waals surface area contributed by atoms with Crippen LogP contribution in [0.2, 0.25) is 0 Å². The average Bonchev–Trinajstić information content (AvgIpc) is 3.15. The monoisotopic (exact) mass is 306 g/mol. The van der Waals surface area contributed by atoms with Gasteiger partial charge in [0.2, 0.25) is 0 Å². The van der Waals surface area contributed by atoms with Gasteiger partial charge >= 0.3 is 5.97 Å². The molecule has 1 aromatic carbocycles. The first kappa shape index (κ1) is 14.8. The second kappa shape index (κ2) is 5.61. The van der Waals surface area contributed by atoms with Crippen LogP contribution in [0.4, 0.5) is 0 Å². The molecular formula is C16H18O6. The molecule has 1 saturated heterocycles. The van der Waals surface area contributed by atoms with Crippen molar-refractivity contribution in [3.63, 3.8) is 0 Å². The van der Waals surface area contributed by atoms with Crippen LogP contribution in [0.25, 0.3) is 0 Å². The Hall–Kier alpha value is -2.08. The molecule has 0 aliphatic carbocycles. The van der Waals surface area contributed by atoms with Gasteiger partial charge in [0.15, 0.2) is 5.78 Å². The third-order valence-corrected chi connectivity index (χ3v) is 4.04. The number of carbonyl (C=O) groups excluding carboxylic acids is 2. The number of phenolic OH excluding ortho intramolecular Hbond substituents is 2. The third kappa shape index (κ3) is 2.92. The van der Waals surface area contributed by atoms with E-state index in [2.05, 4.69) is 0 Å². The number of cyclic esters (lactones) is 1. The first-order chi connectivity index (χ1) is 10.5. The SMILES string of the molecule is C[C@H]1CCC[C@@H]2O[C@H]2C(=O)c2c(O)cc(O)cc2CC(=O)O1. The fraction of sp³-hybridized carbons (Fsp3) is 0.500.